The molecule has 0 radical (unpaired) electrons. The van der Waals surface area contributed by atoms with Gasteiger partial charge >= 0.3 is 0 Å². The van der Waals surface area contributed by atoms with Crippen LogP contribution in [0, 0.1) is 17.2 Å². The summed E-state index contributed by atoms with van der Waals surface area (Å²) in [5.41, 5.74) is 14.7. The average Bonchev–Trinajstić information content (AvgIpc) is 3.52. The second-order valence-electron chi connectivity index (χ2n) is 13.6. The van der Waals surface area contributed by atoms with Crippen molar-refractivity contribution in [3.8, 4) is 11.1 Å². The summed E-state index contributed by atoms with van der Waals surface area (Å²) in [6, 6.07) is 6.51. The third-order valence-corrected chi connectivity index (χ3v) is 9.60. The molecule has 6 N–H and O–H groups in total. The number of hydrogen-bond acceptors (Lipinski definition) is 8. The van der Waals surface area contributed by atoms with Crippen LogP contribution in [0.15, 0.2) is 60.6 Å². The standard InChI is InChI=1S/C35H48N8.C2H5FO/c1-22-8-10-24(11-9-22)23(2)16-26-17-25(12-13-30(26)38-5)32(36)31-33(39-6)29(19-40-34(31)37)27-18-41-43(20-27)28-14-15-35(3,4)42(7)21-28;1-2(3)4/h8,10-13,17-20,22-23,28,36,38H,9,14-16,21H2,1-7H3,(H3,37,39,40);2,4H,1H3. The van der Waals surface area contributed by atoms with Crippen LogP contribution in [0.5, 0.6) is 0 Å². The van der Waals surface area contributed by atoms with Crippen molar-refractivity contribution >= 4 is 22.9 Å². The van der Waals surface area contributed by atoms with Crippen LogP contribution in [0.25, 0.3) is 11.1 Å². The number of aromatic nitrogens is 3. The van der Waals surface area contributed by atoms with Gasteiger partial charge in [0.05, 0.1) is 29.2 Å². The molecular formula is C37H53FN8O. The van der Waals surface area contributed by atoms with E-state index in [0.717, 1.165) is 67.2 Å². The minimum absolute atomic E-state index is 0.203. The van der Waals surface area contributed by atoms with Gasteiger partial charge in [-0.25, -0.2) is 9.37 Å². The molecule has 10 heteroatoms. The lowest BCUT2D eigenvalue weighted by atomic mass is 9.86. The molecule has 3 heterocycles. The van der Waals surface area contributed by atoms with Gasteiger partial charge < -0.3 is 21.5 Å². The number of hydrogen-bond donors (Lipinski definition) is 5. The Kier molecular flexibility index (Phi) is 11.6. The number of pyridine rings is 1. The number of nitrogens with two attached hydrogens (primary N) is 1. The molecule has 4 atom stereocenters. The molecule has 3 aromatic rings. The van der Waals surface area contributed by atoms with E-state index in [0.29, 0.717) is 35.0 Å². The molecule has 0 amide bonds. The van der Waals surface area contributed by atoms with Gasteiger partial charge in [0.2, 0.25) is 0 Å². The Morgan fingerprint density at radius 3 is 2.55 bits per heavy atom. The predicted octanol–water partition coefficient (Wildman–Crippen LogP) is 7.07. The number of nitrogens with zero attached hydrogens (tertiary/aromatic N) is 4. The number of alkyl halides is 1. The molecule has 0 bridgehead atoms. The van der Waals surface area contributed by atoms with E-state index in [1.165, 1.54) is 11.1 Å². The minimum Gasteiger partial charge on any atom is -0.388 e. The van der Waals surface area contributed by atoms with E-state index in [2.05, 4.69) is 96.5 Å². The van der Waals surface area contributed by atoms with Gasteiger partial charge in [-0.3, -0.25) is 15.0 Å². The molecule has 2 aromatic heterocycles. The fraction of sp³-hybridized carbons (Fsp3) is 0.486. The molecule has 9 nitrogen and oxygen atoms in total. The Bertz CT molecular complexity index is 1600. The molecule has 0 saturated carbocycles. The molecular weight excluding hydrogens is 591 g/mol. The van der Waals surface area contributed by atoms with E-state index in [1.807, 2.05) is 26.4 Å². The lowest BCUT2D eigenvalue weighted by molar-refractivity contribution is 0.0607. The van der Waals surface area contributed by atoms with Gasteiger partial charge in [0.15, 0.2) is 6.36 Å². The van der Waals surface area contributed by atoms with Crippen molar-refractivity contribution in [2.45, 2.75) is 78.2 Å². The van der Waals surface area contributed by atoms with E-state index in [4.69, 9.17) is 15.9 Å². The van der Waals surface area contributed by atoms with Crippen molar-refractivity contribution in [3.05, 3.63) is 77.3 Å². The highest BCUT2D eigenvalue weighted by Gasteiger charge is 2.33. The summed E-state index contributed by atoms with van der Waals surface area (Å²) in [5.74, 6) is 1.30. The Labute approximate surface area is 279 Å². The van der Waals surface area contributed by atoms with E-state index in [-0.39, 0.29) is 5.54 Å². The highest BCUT2D eigenvalue weighted by atomic mass is 19.1. The number of halogens is 1. The van der Waals surface area contributed by atoms with Crippen molar-refractivity contribution in [1.82, 2.24) is 19.7 Å². The molecule has 1 aromatic carbocycles. The lowest BCUT2D eigenvalue weighted by Gasteiger charge is -2.43. The number of aliphatic hydroxyl groups excluding tert-OH is 1. The third kappa shape index (κ3) is 8.48. The van der Waals surface area contributed by atoms with Crippen LogP contribution in [-0.4, -0.2) is 70.1 Å². The van der Waals surface area contributed by atoms with Gasteiger partial charge in [-0.2, -0.15) is 5.10 Å². The van der Waals surface area contributed by atoms with Crippen molar-refractivity contribution < 1.29 is 9.50 Å². The molecule has 2 aliphatic rings. The monoisotopic (exact) mass is 644 g/mol. The third-order valence-electron chi connectivity index (χ3n) is 9.60. The van der Waals surface area contributed by atoms with Crippen molar-refractivity contribution in [3.63, 3.8) is 0 Å². The van der Waals surface area contributed by atoms with E-state index < -0.39 is 6.36 Å². The van der Waals surface area contributed by atoms with Crippen LogP contribution in [0.1, 0.15) is 76.6 Å². The van der Waals surface area contributed by atoms with Crippen LogP contribution < -0.4 is 16.4 Å². The molecule has 1 saturated heterocycles. The number of likely N-dealkylation sites (N-methyl/N-ethyl adjacent to an activating group) is 1. The summed E-state index contributed by atoms with van der Waals surface area (Å²) in [5, 5.41) is 28.2. The Hall–Kier alpha value is -4.02. The van der Waals surface area contributed by atoms with E-state index in [1.54, 1.807) is 6.20 Å². The summed E-state index contributed by atoms with van der Waals surface area (Å²) in [6.45, 7) is 11.1. The quantitative estimate of drug-likeness (QED) is 0.158. The molecule has 1 fully saturated rings. The molecule has 1 aliphatic heterocycles. The first-order chi connectivity index (χ1) is 22.2. The number of benzene rings is 1. The summed E-state index contributed by atoms with van der Waals surface area (Å²) >= 11 is 0. The predicted molar refractivity (Wildman–Crippen MR) is 193 cm³/mol. The Morgan fingerprint density at radius 2 is 1.94 bits per heavy atom. The van der Waals surface area contributed by atoms with Crippen LogP contribution >= 0.6 is 0 Å². The van der Waals surface area contributed by atoms with Crippen LogP contribution in [0.2, 0.25) is 0 Å². The van der Waals surface area contributed by atoms with Gasteiger partial charge in [-0.05, 0) is 88.6 Å². The van der Waals surface area contributed by atoms with Crippen LogP contribution in [0.4, 0.5) is 21.6 Å². The second-order valence-corrected chi connectivity index (χ2v) is 13.6. The van der Waals surface area contributed by atoms with Crippen molar-refractivity contribution in [2.24, 2.45) is 11.8 Å². The molecule has 1 aliphatic carbocycles. The highest BCUT2D eigenvalue weighted by Crippen LogP contribution is 2.37. The largest absolute Gasteiger partial charge is 0.388 e. The first-order valence-electron chi connectivity index (χ1n) is 16.6. The van der Waals surface area contributed by atoms with Crippen molar-refractivity contribution in [1.29, 1.82) is 5.41 Å². The van der Waals surface area contributed by atoms with Gasteiger partial charge in [-0.1, -0.05) is 38.1 Å². The minimum atomic E-state index is -1.67. The molecule has 5 rings (SSSR count). The number of piperidine rings is 1. The number of allylic oxidation sites excluding steroid dienone is 4. The number of anilines is 3. The summed E-state index contributed by atoms with van der Waals surface area (Å²) < 4.78 is 12.6. The van der Waals surface area contributed by atoms with Crippen LogP contribution in [-0.2, 0) is 6.42 Å². The fourth-order valence-electron chi connectivity index (χ4n) is 6.38. The maximum Gasteiger partial charge on any atom is 0.193 e. The van der Waals surface area contributed by atoms with E-state index >= 15 is 0 Å². The molecule has 0 spiro atoms. The molecule has 4 unspecified atom stereocenters. The van der Waals surface area contributed by atoms with Gasteiger partial charge in [0.25, 0.3) is 0 Å². The topological polar surface area (TPSA) is 128 Å². The SMILES string of the molecule is CC(O)F.CNc1ccc(C(=N)c2c(N)ncc(-c3cnn(C4CCC(C)(C)N(C)C4)c3)c2NC)cc1CC(C)C1=CCC(C)C=C1. The Balaban J connectivity index is 0.00000118. The highest BCUT2D eigenvalue weighted by molar-refractivity contribution is 6.18. The first-order valence-corrected chi connectivity index (χ1v) is 16.6. The summed E-state index contributed by atoms with van der Waals surface area (Å²) in [6.07, 6.45) is 15.2. The zero-order valence-electron chi connectivity index (χ0n) is 29.2. The molecule has 254 valence electrons. The summed E-state index contributed by atoms with van der Waals surface area (Å²) in [7, 11) is 6.02. The number of nitrogens with one attached hydrogen (secondary N) is 3. The van der Waals surface area contributed by atoms with Gasteiger partial charge in [0.1, 0.15) is 5.82 Å². The average molecular weight is 645 g/mol. The fourth-order valence-corrected chi connectivity index (χ4v) is 6.38. The van der Waals surface area contributed by atoms with Crippen LogP contribution in [0.3, 0.4) is 0 Å². The number of nitrogen functional groups attached to an aromatic ring is 1. The maximum absolute atomic E-state index is 10.6. The van der Waals surface area contributed by atoms with Gasteiger partial charge in [0, 0.05) is 61.0 Å². The zero-order chi connectivity index (χ0) is 34.5. The number of rotatable bonds is 9. The number of likely N-dealkylation sites (tertiary alicyclic amines) is 1. The lowest BCUT2D eigenvalue weighted by Crippen LogP contribution is -2.48. The second kappa shape index (κ2) is 15.3. The smallest absolute Gasteiger partial charge is 0.193 e. The van der Waals surface area contributed by atoms with E-state index in [9.17, 15) is 9.80 Å². The number of aliphatic hydroxyl groups is 1. The first kappa shape index (κ1) is 35.8. The summed E-state index contributed by atoms with van der Waals surface area (Å²) in [4.78, 5) is 6.98. The zero-order valence-corrected chi connectivity index (χ0v) is 29.2. The molecule has 47 heavy (non-hydrogen) atoms. The van der Waals surface area contributed by atoms with Gasteiger partial charge in [-0.15, -0.1) is 0 Å². The van der Waals surface area contributed by atoms with Crippen molar-refractivity contribution in [2.75, 3.05) is 44.1 Å². The Morgan fingerprint density at radius 1 is 1.21 bits per heavy atom. The maximum atomic E-state index is 10.6. The normalized spacial score (nSPS) is 20.4.